The smallest absolute Gasteiger partial charge is 0.262 e. The van der Waals surface area contributed by atoms with Crippen LogP contribution in [-0.2, 0) is 0 Å². The molecule has 3 heteroatoms. The maximum absolute atomic E-state index is 13.5. The molecule has 0 spiro atoms. The SMILES string of the molecule is CC(C)(C)[C@@H]1CC(F)(F)CN1C(C)(C)C. The van der Waals surface area contributed by atoms with E-state index >= 15 is 0 Å². The first-order valence-electron chi connectivity index (χ1n) is 5.58. The molecule has 1 saturated heterocycles. The lowest BCUT2D eigenvalue weighted by Crippen LogP contribution is -2.49. The fourth-order valence-electron chi connectivity index (χ4n) is 2.30. The number of hydrogen-bond donors (Lipinski definition) is 0. The van der Waals surface area contributed by atoms with Gasteiger partial charge in [-0.15, -0.1) is 0 Å². The summed E-state index contributed by atoms with van der Waals surface area (Å²) in [4.78, 5) is 1.95. The molecule has 1 aliphatic rings. The van der Waals surface area contributed by atoms with Gasteiger partial charge in [0.15, 0.2) is 0 Å². The summed E-state index contributed by atoms with van der Waals surface area (Å²) >= 11 is 0. The van der Waals surface area contributed by atoms with E-state index in [0.717, 1.165) is 0 Å². The second-order valence-corrected chi connectivity index (χ2v) is 6.74. The number of nitrogens with zero attached hydrogens (tertiary/aromatic N) is 1. The van der Waals surface area contributed by atoms with E-state index in [9.17, 15) is 8.78 Å². The Morgan fingerprint density at radius 2 is 1.53 bits per heavy atom. The second-order valence-electron chi connectivity index (χ2n) is 6.74. The Morgan fingerprint density at radius 3 is 1.80 bits per heavy atom. The first-order valence-corrected chi connectivity index (χ1v) is 5.58. The van der Waals surface area contributed by atoms with Gasteiger partial charge in [-0.3, -0.25) is 4.90 Å². The number of halogens is 2. The Hall–Kier alpha value is -0.180. The van der Waals surface area contributed by atoms with Gasteiger partial charge in [0, 0.05) is 18.0 Å². The minimum atomic E-state index is -2.52. The Kier molecular flexibility index (Phi) is 2.93. The largest absolute Gasteiger partial charge is 0.289 e. The van der Waals surface area contributed by atoms with Crippen LogP contribution in [-0.4, -0.2) is 28.9 Å². The molecule has 0 aromatic heterocycles. The molecule has 15 heavy (non-hydrogen) atoms. The van der Waals surface area contributed by atoms with Crippen molar-refractivity contribution < 1.29 is 8.78 Å². The predicted molar refractivity (Wildman–Crippen MR) is 59.3 cm³/mol. The van der Waals surface area contributed by atoms with Crippen molar-refractivity contribution >= 4 is 0 Å². The van der Waals surface area contributed by atoms with E-state index in [2.05, 4.69) is 0 Å². The molecule has 0 N–H and O–H groups in total. The highest BCUT2D eigenvalue weighted by Gasteiger charge is 2.51. The Balaban J connectivity index is 2.95. The fraction of sp³-hybridized carbons (Fsp3) is 1.00. The molecule has 0 unspecified atom stereocenters. The van der Waals surface area contributed by atoms with Crippen molar-refractivity contribution in [1.82, 2.24) is 4.90 Å². The average Bonchev–Trinajstić information content (AvgIpc) is 2.23. The first kappa shape index (κ1) is 12.9. The molecule has 0 saturated carbocycles. The van der Waals surface area contributed by atoms with Crippen molar-refractivity contribution in [2.75, 3.05) is 6.54 Å². The van der Waals surface area contributed by atoms with Crippen LogP contribution in [0.2, 0.25) is 0 Å². The van der Waals surface area contributed by atoms with Gasteiger partial charge in [0.1, 0.15) is 0 Å². The van der Waals surface area contributed by atoms with Gasteiger partial charge in [-0.1, -0.05) is 20.8 Å². The van der Waals surface area contributed by atoms with Gasteiger partial charge in [0.25, 0.3) is 5.92 Å². The first-order chi connectivity index (χ1) is 6.43. The summed E-state index contributed by atoms with van der Waals surface area (Å²) in [6.45, 7) is 12.0. The zero-order valence-corrected chi connectivity index (χ0v) is 10.7. The fourth-order valence-corrected chi connectivity index (χ4v) is 2.30. The molecule has 0 bridgehead atoms. The van der Waals surface area contributed by atoms with E-state index in [1.165, 1.54) is 0 Å². The van der Waals surface area contributed by atoms with E-state index in [4.69, 9.17) is 0 Å². The van der Waals surface area contributed by atoms with E-state index in [0.29, 0.717) is 0 Å². The van der Waals surface area contributed by atoms with Crippen LogP contribution in [0.3, 0.4) is 0 Å². The van der Waals surface area contributed by atoms with Crippen LogP contribution in [0.1, 0.15) is 48.0 Å². The lowest BCUT2D eigenvalue weighted by atomic mass is 9.83. The topological polar surface area (TPSA) is 3.24 Å². The number of alkyl halides is 2. The van der Waals surface area contributed by atoms with Crippen molar-refractivity contribution in [2.45, 2.75) is 65.5 Å². The monoisotopic (exact) mass is 219 g/mol. The Bertz CT molecular complexity index is 211. The number of likely N-dealkylation sites (tertiary alicyclic amines) is 1. The van der Waals surface area contributed by atoms with Crippen molar-refractivity contribution in [3.05, 3.63) is 0 Å². The quantitative estimate of drug-likeness (QED) is 0.602. The number of rotatable bonds is 0. The van der Waals surface area contributed by atoms with Crippen LogP contribution in [0.4, 0.5) is 8.78 Å². The molecule has 0 radical (unpaired) electrons. The van der Waals surface area contributed by atoms with E-state index < -0.39 is 5.92 Å². The van der Waals surface area contributed by atoms with Gasteiger partial charge in [-0.2, -0.15) is 0 Å². The summed E-state index contributed by atoms with van der Waals surface area (Å²) in [5.74, 6) is -2.52. The molecule has 90 valence electrons. The van der Waals surface area contributed by atoms with Crippen LogP contribution in [0, 0.1) is 5.41 Å². The van der Waals surface area contributed by atoms with E-state index in [1.54, 1.807) is 0 Å². The Labute approximate surface area is 91.8 Å². The molecule has 1 fully saturated rings. The third-order valence-electron chi connectivity index (χ3n) is 3.13. The van der Waals surface area contributed by atoms with Crippen LogP contribution >= 0.6 is 0 Å². The lowest BCUT2D eigenvalue weighted by molar-refractivity contribution is 0.000566. The van der Waals surface area contributed by atoms with Crippen LogP contribution < -0.4 is 0 Å². The molecule has 0 aliphatic carbocycles. The molecule has 0 aromatic rings. The highest BCUT2D eigenvalue weighted by molar-refractivity contribution is 5.00. The second kappa shape index (κ2) is 3.41. The van der Waals surface area contributed by atoms with Gasteiger partial charge in [0.05, 0.1) is 6.54 Å². The summed E-state index contributed by atoms with van der Waals surface area (Å²) in [5, 5.41) is 0. The zero-order chi connectivity index (χ0) is 12.1. The van der Waals surface area contributed by atoms with Gasteiger partial charge in [-0.25, -0.2) is 8.78 Å². The van der Waals surface area contributed by atoms with Gasteiger partial charge < -0.3 is 0 Å². The molecule has 1 atom stereocenters. The van der Waals surface area contributed by atoms with Crippen molar-refractivity contribution in [3.63, 3.8) is 0 Å². The maximum Gasteiger partial charge on any atom is 0.262 e. The third kappa shape index (κ3) is 2.90. The van der Waals surface area contributed by atoms with E-state index in [-0.39, 0.29) is 30.0 Å². The average molecular weight is 219 g/mol. The molecule has 0 amide bonds. The molecule has 0 aromatic carbocycles. The summed E-state index contributed by atoms with van der Waals surface area (Å²) in [7, 11) is 0. The summed E-state index contributed by atoms with van der Waals surface area (Å²) in [5.41, 5.74) is -0.273. The summed E-state index contributed by atoms with van der Waals surface area (Å²) in [6.07, 6.45) is -0.00618. The highest BCUT2D eigenvalue weighted by atomic mass is 19.3. The maximum atomic E-state index is 13.5. The zero-order valence-electron chi connectivity index (χ0n) is 10.7. The Morgan fingerprint density at radius 1 is 1.07 bits per heavy atom. The van der Waals surface area contributed by atoms with Crippen molar-refractivity contribution in [3.8, 4) is 0 Å². The normalized spacial score (nSPS) is 28.4. The van der Waals surface area contributed by atoms with Gasteiger partial charge >= 0.3 is 0 Å². The van der Waals surface area contributed by atoms with Crippen LogP contribution in [0.25, 0.3) is 0 Å². The summed E-state index contributed by atoms with van der Waals surface area (Å²) < 4.78 is 26.9. The highest BCUT2D eigenvalue weighted by Crippen LogP contribution is 2.43. The number of hydrogen-bond acceptors (Lipinski definition) is 1. The van der Waals surface area contributed by atoms with Crippen molar-refractivity contribution in [2.24, 2.45) is 5.41 Å². The minimum absolute atomic E-state index is 0.00618. The molecule has 1 aliphatic heterocycles. The third-order valence-corrected chi connectivity index (χ3v) is 3.13. The summed E-state index contributed by atoms with van der Waals surface area (Å²) in [6, 6.07) is -0.0347. The molecular weight excluding hydrogens is 196 g/mol. The molecule has 1 nitrogen and oxygen atoms in total. The van der Waals surface area contributed by atoms with Crippen LogP contribution in [0.5, 0.6) is 0 Å². The van der Waals surface area contributed by atoms with Gasteiger partial charge in [-0.05, 0) is 26.2 Å². The van der Waals surface area contributed by atoms with E-state index in [1.807, 2.05) is 46.4 Å². The van der Waals surface area contributed by atoms with Crippen LogP contribution in [0.15, 0.2) is 0 Å². The molecular formula is C12H23F2N. The standard InChI is InChI=1S/C12H23F2N/c1-10(2,3)9-7-12(13,14)8-15(9)11(4,5)6/h9H,7-8H2,1-6H3/t9-/m0/s1. The van der Waals surface area contributed by atoms with Gasteiger partial charge in [0.2, 0.25) is 0 Å². The minimum Gasteiger partial charge on any atom is -0.289 e. The lowest BCUT2D eigenvalue weighted by Gasteiger charge is -2.42. The molecule has 1 heterocycles. The predicted octanol–water partition coefficient (Wildman–Crippen LogP) is 3.54. The molecule has 1 rings (SSSR count). The van der Waals surface area contributed by atoms with Crippen molar-refractivity contribution in [1.29, 1.82) is 0 Å².